The summed E-state index contributed by atoms with van der Waals surface area (Å²) in [4.78, 5) is 10.3. The first-order chi connectivity index (χ1) is 13.4. The summed E-state index contributed by atoms with van der Waals surface area (Å²) >= 11 is 0. The van der Waals surface area contributed by atoms with Crippen molar-refractivity contribution in [2.45, 2.75) is 19.0 Å². The van der Waals surface area contributed by atoms with E-state index in [1.165, 1.54) is 5.56 Å². The number of fused-ring (bicyclic) bond motifs is 1. The fourth-order valence-electron chi connectivity index (χ4n) is 3.92. The molecule has 1 fully saturated rings. The highest BCUT2D eigenvalue weighted by Gasteiger charge is 2.24. The van der Waals surface area contributed by atoms with Crippen LogP contribution in [0.15, 0.2) is 61.2 Å². The van der Waals surface area contributed by atoms with Crippen molar-refractivity contribution in [3.63, 3.8) is 0 Å². The van der Waals surface area contributed by atoms with E-state index in [2.05, 4.69) is 66.8 Å². The number of benzene rings is 1. The zero-order chi connectivity index (χ0) is 18.1. The fourth-order valence-corrected chi connectivity index (χ4v) is 3.92. The van der Waals surface area contributed by atoms with Gasteiger partial charge in [-0.3, -0.25) is 10.00 Å². The summed E-state index contributed by atoms with van der Waals surface area (Å²) in [6.45, 7) is 3.15. The van der Waals surface area contributed by atoms with Crippen molar-refractivity contribution in [3.8, 4) is 11.1 Å². The van der Waals surface area contributed by atoms with E-state index in [0.29, 0.717) is 6.04 Å². The molecule has 1 aliphatic heterocycles. The molecule has 0 aliphatic carbocycles. The quantitative estimate of drug-likeness (QED) is 0.509. The van der Waals surface area contributed by atoms with Gasteiger partial charge in [-0.1, -0.05) is 30.3 Å². The number of anilines is 1. The monoisotopic (exact) mass is 358 g/mol. The van der Waals surface area contributed by atoms with Crippen molar-refractivity contribution in [2.75, 3.05) is 18.4 Å². The van der Waals surface area contributed by atoms with E-state index in [9.17, 15) is 0 Å². The molecule has 1 saturated heterocycles. The molecule has 6 heteroatoms. The molecule has 136 valence electrons. The van der Waals surface area contributed by atoms with Gasteiger partial charge in [-0.05, 0) is 18.1 Å². The number of H-pyrrole nitrogens is 2. The van der Waals surface area contributed by atoms with E-state index in [1.807, 2.05) is 24.8 Å². The molecule has 4 aromatic rings. The van der Waals surface area contributed by atoms with Gasteiger partial charge in [0.15, 0.2) is 0 Å². The average molecular weight is 358 g/mol. The summed E-state index contributed by atoms with van der Waals surface area (Å²) in [5, 5.41) is 11.9. The predicted octanol–water partition coefficient (Wildman–Crippen LogP) is 3.64. The van der Waals surface area contributed by atoms with E-state index in [-0.39, 0.29) is 0 Å². The average Bonchev–Trinajstić information content (AvgIpc) is 3.45. The standard InChI is InChI=1S/C21H22N6/c1-2-4-15(5-3-1)13-27-9-7-17(14-27)26-20-18-6-8-22-21(18)23-12-19(20)16-10-24-25-11-16/h1-6,8,10-12,17H,7,9,13-14H2,(H,24,25)(H2,22,23,26)/t17-/m0/s1. The third kappa shape index (κ3) is 3.19. The number of pyridine rings is 1. The Hall–Kier alpha value is -3.12. The first-order valence-corrected chi connectivity index (χ1v) is 9.35. The van der Waals surface area contributed by atoms with Gasteiger partial charge in [0.1, 0.15) is 5.65 Å². The van der Waals surface area contributed by atoms with E-state index < -0.39 is 0 Å². The molecule has 0 bridgehead atoms. The molecule has 27 heavy (non-hydrogen) atoms. The molecule has 6 nitrogen and oxygen atoms in total. The van der Waals surface area contributed by atoms with Gasteiger partial charge in [0, 0.05) is 60.8 Å². The van der Waals surface area contributed by atoms with E-state index >= 15 is 0 Å². The molecule has 1 aromatic carbocycles. The second kappa shape index (κ2) is 6.89. The Labute approximate surface area is 157 Å². The first kappa shape index (κ1) is 16.1. The second-order valence-corrected chi connectivity index (χ2v) is 7.12. The number of likely N-dealkylation sites (tertiary alicyclic amines) is 1. The zero-order valence-electron chi connectivity index (χ0n) is 15.0. The van der Waals surface area contributed by atoms with Gasteiger partial charge >= 0.3 is 0 Å². The molecule has 0 saturated carbocycles. The van der Waals surface area contributed by atoms with Gasteiger partial charge in [0.25, 0.3) is 0 Å². The Morgan fingerprint density at radius 1 is 1.15 bits per heavy atom. The highest BCUT2D eigenvalue weighted by Crippen LogP contribution is 2.34. The lowest BCUT2D eigenvalue weighted by Gasteiger charge is -2.19. The van der Waals surface area contributed by atoms with E-state index in [1.54, 1.807) is 0 Å². The van der Waals surface area contributed by atoms with Crippen LogP contribution >= 0.6 is 0 Å². The molecule has 5 rings (SSSR count). The van der Waals surface area contributed by atoms with Crippen LogP contribution in [0, 0.1) is 0 Å². The van der Waals surface area contributed by atoms with Crippen molar-refractivity contribution in [1.29, 1.82) is 0 Å². The molecule has 3 aromatic heterocycles. The molecule has 0 unspecified atom stereocenters. The van der Waals surface area contributed by atoms with Crippen molar-refractivity contribution in [2.24, 2.45) is 0 Å². The van der Waals surface area contributed by atoms with Crippen LogP contribution in [0.1, 0.15) is 12.0 Å². The zero-order valence-corrected chi connectivity index (χ0v) is 15.0. The van der Waals surface area contributed by atoms with Crippen LogP contribution in [0.25, 0.3) is 22.2 Å². The molecule has 1 atom stereocenters. The SMILES string of the molecule is c1ccc(CN2CC[C@H](Nc3c(-c4cn[nH]c4)cnc4[nH]ccc34)C2)cc1. The molecule has 4 heterocycles. The van der Waals surface area contributed by atoms with Gasteiger partial charge in [-0.15, -0.1) is 0 Å². The van der Waals surface area contributed by atoms with Crippen molar-refractivity contribution < 1.29 is 0 Å². The number of nitrogens with one attached hydrogen (secondary N) is 3. The van der Waals surface area contributed by atoms with Crippen molar-refractivity contribution >= 4 is 16.7 Å². The van der Waals surface area contributed by atoms with Gasteiger partial charge in [0.2, 0.25) is 0 Å². The summed E-state index contributed by atoms with van der Waals surface area (Å²) in [5.74, 6) is 0. The lowest BCUT2D eigenvalue weighted by Crippen LogP contribution is -2.26. The van der Waals surface area contributed by atoms with E-state index in [0.717, 1.165) is 53.9 Å². The second-order valence-electron chi connectivity index (χ2n) is 7.12. The Morgan fingerprint density at radius 2 is 2.07 bits per heavy atom. The summed E-state index contributed by atoms with van der Waals surface area (Å²) < 4.78 is 0. The first-order valence-electron chi connectivity index (χ1n) is 9.35. The Bertz CT molecular complexity index is 1020. The summed E-state index contributed by atoms with van der Waals surface area (Å²) in [5.41, 5.74) is 5.54. The normalized spacial score (nSPS) is 17.6. The molecule has 3 N–H and O–H groups in total. The number of nitrogens with zero attached hydrogens (tertiary/aromatic N) is 3. The predicted molar refractivity (Wildman–Crippen MR) is 107 cm³/mol. The van der Waals surface area contributed by atoms with Gasteiger partial charge in [-0.2, -0.15) is 5.10 Å². The summed E-state index contributed by atoms with van der Waals surface area (Å²) in [6, 6.07) is 13.2. The fraction of sp³-hybridized carbons (Fsp3) is 0.238. The molecule has 0 radical (unpaired) electrons. The van der Waals surface area contributed by atoms with Crippen LogP contribution in [0.3, 0.4) is 0 Å². The maximum Gasteiger partial charge on any atom is 0.139 e. The number of hydrogen-bond acceptors (Lipinski definition) is 4. The summed E-state index contributed by atoms with van der Waals surface area (Å²) in [7, 11) is 0. The van der Waals surface area contributed by atoms with Crippen LogP contribution in [-0.2, 0) is 6.54 Å². The number of aromatic nitrogens is 4. The Kier molecular flexibility index (Phi) is 4.10. The van der Waals surface area contributed by atoms with Crippen molar-refractivity contribution in [3.05, 3.63) is 66.7 Å². The topological polar surface area (TPSA) is 72.6 Å². The minimum Gasteiger partial charge on any atom is -0.380 e. The molecule has 0 spiro atoms. The van der Waals surface area contributed by atoms with Crippen LogP contribution in [-0.4, -0.2) is 44.2 Å². The van der Waals surface area contributed by atoms with E-state index in [4.69, 9.17) is 0 Å². The third-order valence-electron chi connectivity index (χ3n) is 5.27. The van der Waals surface area contributed by atoms with Crippen LogP contribution < -0.4 is 5.32 Å². The van der Waals surface area contributed by atoms with Gasteiger partial charge < -0.3 is 10.3 Å². The molecular formula is C21H22N6. The van der Waals surface area contributed by atoms with Crippen molar-refractivity contribution in [1.82, 2.24) is 25.1 Å². The van der Waals surface area contributed by atoms with Gasteiger partial charge in [0.05, 0.1) is 11.9 Å². The van der Waals surface area contributed by atoms with Crippen LogP contribution in [0.2, 0.25) is 0 Å². The molecular weight excluding hydrogens is 336 g/mol. The minimum atomic E-state index is 0.417. The minimum absolute atomic E-state index is 0.417. The lowest BCUT2D eigenvalue weighted by atomic mass is 10.1. The summed E-state index contributed by atoms with van der Waals surface area (Å²) in [6.07, 6.45) is 8.75. The molecule has 1 aliphatic rings. The highest BCUT2D eigenvalue weighted by atomic mass is 15.2. The number of hydrogen-bond donors (Lipinski definition) is 3. The number of rotatable bonds is 5. The Morgan fingerprint density at radius 3 is 2.93 bits per heavy atom. The maximum atomic E-state index is 4.56. The van der Waals surface area contributed by atoms with Gasteiger partial charge in [-0.25, -0.2) is 4.98 Å². The largest absolute Gasteiger partial charge is 0.380 e. The lowest BCUT2D eigenvalue weighted by molar-refractivity contribution is 0.328. The smallest absolute Gasteiger partial charge is 0.139 e. The molecule has 0 amide bonds. The third-order valence-corrected chi connectivity index (χ3v) is 5.27. The van der Waals surface area contributed by atoms with Crippen LogP contribution in [0.4, 0.5) is 5.69 Å². The maximum absolute atomic E-state index is 4.56. The highest BCUT2D eigenvalue weighted by molar-refractivity contribution is 5.98. The Balaban J connectivity index is 1.38. The number of aromatic amines is 2. The van der Waals surface area contributed by atoms with Crippen LogP contribution in [0.5, 0.6) is 0 Å².